The lowest BCUT2D eigenvalue weighted by Gasteiger charge is -2.39. The fourth-order valence-corrected chi connectivity index (χ4v) is 4.62. The number of pyridine rings is 2. The summed E-state index contributed by atoms with van der Waals surface area (Å²) in [7, 11) is 0. The molecular weight excluding hydrogens is 510 g/mol. The summed E-state index contributed by atoms with van der Waals surface area (Å²) in [6, 6.07) is 8.42. The van der Waals surface area contributed by atoms with E-state index in [1.807, 2.05) is 6.07 Å². The first-order valence-electron chi connectivity index (χ1n) is 12.8. The Morgan fingerprint density at radius 1 is 1.10 bits per heavy atom. The number of amides is 1. The van der Waals surface area contributed by atoms with Gasteiger partial charge in [-0.15, -0.1) is 0 Å². The molecule has 0 saturated carbocycles. The molecule has 1 aliphatic rings. The van der Waals surface area contributed by atoms with Gasteiger partial charge in [0.1, 0.15) is 0 Å². The van der Waals surface area contributed by atoms with Gasteiger partial charge in [0.15, 0.2) is 5.82 Å². The summed E-state index contributed by atoms with van der Waals surface area (Å²) in [6.45, 7) is 6.29. The first-order chi connectivity index (χ1) is 18.6. The van der Waals surface area contributed by atoms with E-state index in [0.717, 1.165) is 49.8 Å². The number of rotatable bonds is 8. The third-order valence-electron chi connectivity index (χ3n) is 6.81. The number of piperidine rings is 1. The number of anilines is 2. The fraction of sp³-hybridized carbons (Fsp3) is 0.345. The van der Waals surface area contributed by atoms with E-state index >= 15 is 0 Å². The molecule has 1 N–H and O–H groups in total. The minimum atomic E-state index is -4.42. The average molecular weight is 542 g/mol. The summed E-state index contributed by atoms with van der Waals surface area (Å²) in [6.07, 6.45) is 5.94. The number of hydrogen-bond acceptors (Lipinski definition) is 5. The Morgan fingerprint density at radius 3 is 2.46 bits per heavy atom. The third-order valence-corrected chi connectivity index (χ3v) is 6.81. The number of aromatic nitrogens is 2. The minimum absolute atomic E-state index is 0.0148. The van der Waals surface area contributed by atoms with Crippen LogP contribution in [0.2, 0.25) is 0 Å². The molecule has 0 spiro atoms. The van der Waals surface area contributed by atoms with Crippen LogP contribution in [0.1, 0.15) is 43.4 Å². The maximum Gasteiger partial charge on any atom is 0.416 e. The molecule has 0 atom stereocenters. The Morgan fingerprint density at radius 2 is 1.82 bits per heavy atom. The Hall–Kier alpha value is -3.79. The molecule has 0 radical (unpaired) electrons. The van der Waals surface area contributed by atoms with Crippen molar-refractivity contribution in [2.24, 2.45) is 0 Å². The van der Waals surface area contributed by atoms with Gasteiger partial charge in [0.25, 0.3) is 0 Å². The molecule has 1 fully saturated rings. The largest absolute Gasteiger partial charge is 0.416 e. The lowest BCUT2D eigenvalue weighted by atomic mass is 10.0. The van der Waals surface area contributed by atoms with Gasteiger partial charge in [0.2, 0.25) is 5.91 Å². The normalized spacial score (nSPS) is 15.2. The molecule has 1 aliphatic heterocycles. The number of carbonyl (C=O) groups is 1. The van der Waals surface area contributed by atoms with Gasteiger partial charge in [-0.05, 0) is 68.2 Å². The molecule has 10 heteroatoms. The van der Waals surface area contributed by atoms with Crippen LogP contribution in [0.4, 0.5) is 28.9 Å². The Bertz CT molecular complexity index is 1290. The van der Waals surface area contributed by atoms with Crippen molar-refractivity contribution in [3.63, 3.8) is 0 Å². The van der Waals surface area contributed by atoms with Gasteiger partial charge in [0, 0.05) is 50.2 Å². The van der Waals surface area contributed by atoms with Crippen LogP contribution in [0, 0.1) is 5.82 Å². The van der Waals surface area contributed by atoms with Crippen LogP contribution < -0.4 is 5.32 Å². The first kappa shape index (κ1) is 28.2. The zero-order valence-electron chi connectivity index (χ0n) is 21.8. The molecule has 6 nitrogen and oxygen atoms in total. The predicted octanol–water partition coefficient (Wildman–Crippen LogP) is 6.29. The van der Waals surface area contributed by atoms with E-state index in [2.05, 4.69) is 34.0 Å². The highest BCUT2D eigenvalue weighted by Gasteiger charge is 2.30. The molecule has 4 rings (SSSR count). The number of nitrogens with zero attached hydrogens (tertiary/aromatic N) is 4. The maximum absolute atomic E-state index is 14.1. The quantitative estimate of drug-likeness (QED) is 0.268. The number of nitrogens with one attached hydrogen (secondary N) is 1. The molecule has 1 saturated heterocycles. The van der Waals surface area contributed by atoms with Gasteiger partial charge in [-0.2, -0.15) is 13.2 Å². The maximum atomic E-state index is 14.1. The summed E-state index contributed by atoms with van der Waals surface area (Å²) in [5.41, 5.74) is 1.35. The fourth-order valence-electron chi connectivity index (χ4n) is 4.62. The lowest BCUT2D eigenvalue weighted by Crippen LogP contribution is -2.48. The molecule has 206 valence electrons. The summed E-state index contributed by atoms with van der Waals surface area (Å²) < 4.78 is 52.7. The molecular formula is C29H31F4N5O. The summed E-state index contributed by atoms with van der Waals surface area (Å²) >= 11 is 0. The molecule has 1 amide bonds. The Balaban J connectivity index is 1.53. The summed E-state index contributed by atoms with van der Waals surface area (Å²) in [4.78, 5) is 25.6. The van der Waals surface area contributed by atoms with E-state index in [-0.39, 0.29) is 24.2 Å². The van der Waals surface area contributed by atoms with Gasteiger partial charge >= 0.3 is 6.18 Å². The number of halogens is 4. The second kappa shape index (κ2) is 12.4. The van der Waals surface area contributed by atoms with Gasteiger partial charge in [-0.3, -0.25) is 14.8 Å². The van der Waals surface area contributed by atoms with Crippen molar-refractivity contribution in [3.8, 4) is 0 Å². The van der Waals surface area contributed by atoms with E-state index in [0.29, 0.717) is 17.3 Å². The molecule has 39 heavy (non-hydrogen) atoms. The van der Waals surface area contributed by atoms with E-state index < -0.39 is 17.6 Å². The van der Waals surface area contributed by atoms with Gasteiger partial charge in [-0.1, -0.05) is 12.1 Å². The van der Waals surface area contributed by atoms with Crippen LogP contribution in [-0.4, -0.2) is 50.8 Å². The second-order valence-corrected chi connectivity index (χ2v) is 9.84. The number of alkyl halides is 3. The number of hydrogen-bond donors (Lipinski definition) is 1. The van der Waals surface area contributed by atoms with E-state index in [4.69, 9.17) is 0 Å². The molecule has 3 aromatic rings. The van der Waals surface area contributed by atoms with Crippen LogP contribution in [0.5, 0.6) is 0 Å². The van der Waals surface area contributed by atoms with Crippen molar-refractivity contribution in [1.29, 1.82) is 0 Å². The van der Waals surface area contributed by atoms with Crippen LogP contribution in [0.3, 0.4) is 0 Å². The van der Waals surface area contributed by atoms with Crippen LogP contribution in [0.25, 0.3) is 6.08 Å². The molecule has 3 heterocycles. The lowest BCUT2D eigenvalue weighted by molar-refractivity contribution is -0.137. The van der Waals surface area contributed by atoms with Crippen LogP contribution in [-0.2, 0) is 17.5 Å². The highest BCUT2D eigenvalue weighted by Crippen LogP contribution is 2.29. The second-order valence-electron chi connectivity index (χ2n) is 9.84. The highest BCUT2D eigenvalue weighted by atomic mass is 19.4. The summed E-state index contributed by atoms with van der Waals surface area (Å²) in [5.74, 6) is -0.735. The molecule has 0 aliphatic carbocycles. The zero-order chi connectivity index (χ0) is 28.0. The minimum Gasteiger partial charge on any atom is -0.352 e. The number of carbonyl (C=O) groups excluding carboxylic acids is 1. The van der Waals surface area contributed by atoms with E-state index in [1.54, 1.807) is 17.3 Å². The van der Waals surface area contributed by atoms with Crippen molar-refractivity contribution in [1.82, 2.24) is 19.8 Å². The topological polar surface area (TPSA) is 61.4 Å². The first-order valence-corrected chi connectivity index (χ1v) is 12.8. The smallest absolute Gasteiger partial charge is 0.352 e. The predicted molar refractivity (Wildman–Crippen MR) is 142 cm³/mol. The van der Waals surface area contributed by atoms with Crippen molar-refractivity contribution in [3.05, 3.63) is 89.8 Å². The molecule has 2 aromatic heterocycles. The van der Waals surface area contributed by atoms with Gasteiger partial charge < -0.3 is 15.1 Å². The van der Waals surface area contributed by atoms with Gasteiger partial charge in [0.05, 0.1) is 29.3 Å². The third kappa shape index (κ3) is 7.63. The van der Waals surface area contributed by atoms with Gasteiger partial charge in [-0.25, -0.2) is 4.39 Å². The molecule has 0 unspecified atom stereocenters. The zero-order valence-corrected chi connectivity index (χ0v) is 21.8. The van der Waals surface area contributed by atoms with Crippen molar-refractivity contribution in [2.45, 2.75) is 51.5 Å². The van der Waals surface area contributed by atoms with Crippen LogP contribution >= 0.6 is 0 Å². The van der Waals surface area contributed by atoms with Crippen molar-refractivity contribution >= 4 is 23.4 Å². The molecule has 0 bridgehead atoms. The van der Waals surface area contributed by atoms with E-state index in [1.165, 1.54) is 36.5 Å². The number of benzene rings is 1. The SMILES string of the molecule is CC(C)N1CCC(N(Cc2cncc(Nc3ccncc3F)c2)C(=O)/C=C/c2ccc(C(F)(F)F)cc2)CC1. The van der Waals surface area contributed by atoms with Crippen molar-refractivity contribution < 1.29 is 22.4 Å². The summed E-state index contributed by atoms with van der Waals surface area (Å²) in [5, 5.41) is 2.99. The average Bonchev–Trinajstić information content (AvgIpc) is 2.92. The standard InChI is InChI=1S/C29H31F4N5O/c1-20(2)37-13-10-25(11-14-37)38(28(39)8-5-21-3-6-23(7-4-21)29(31,32)33)19-22-15-24(17-35-16-22)36-27-9-12-34-18-26(27)30/h3-9,12,15-18,20,25H,10-11,13-14,19H2,1-2H3,(H,34,36)/b8-5+. The Kier molecular flexibility index (Phi) is 8.96. The Labute approximate surface area is 225 Å². The highest BCUT2D eigenvalue weighted by molar-refractivity contribution is 5.92. The number of likely N-dealkylation sites (tertiary alicyclic amines) is 1. The van der Waals surface area contributed by atoms with Crippen LogP contribution in [0.15, 0.2) is 67.3 Å². The monoisotopic (exact) mass is 541 g/mol. The van der Waals surface area contributed by atoms with Crippen molar-refractivity contribution in [2.75, 3.05) is 18.4 Å². The molecule has 1 aromatic carbocycles. The van der Waals surface area contributed by atoms with E-state index in [9.17, 15) is 22.4 Å².